The molecule has 0 spiro atoms. The number of carbonyl (C=O) groups excluding carboxylic acids is 1. The molecule has 4 nitrogen and oxygen atoms in total. The van der Waals surface area contributed by atoms with Crippen molar-refractivity contribution in [3.63, 3.8) is 0 Å². The van der Waals surface area contributed by atoms with Crippen LogP contribution in [0.1, 0.15) is 10.4 Å². The molecule has 0 saturated carbocycles. The summed E-state index contributed by atoms with van der Waals surface area (Å²) in [5, 5.41) is 19.6. The molecule has 1 rings (SSSR count). The monoisotopic (exact) mass is 165 g/mol. The van der Waals surface area contributed by atoms with E-state index in [0.29, 0.717) is 0 Å². The quantitative estimate of drug-likeness (QED) is 0.297. The summed E-state index contributed by atoms with van der Waals surface area (Å²) >= 11 is 0. The molecule has 4 heteroatoms. The van der Waals surface area contributed by atoms with Gasteiger partial charge in [-0.25, -0.2) is 0 Å². The van der Waals surface area contributed by atoms with E-state index in [1.165, 1.54) is 24.3 Å². The van der Waals surface area contributed by atoms with Gasteiger partial charge in [0.1, 0.15) is 12.0 Å². The fourth-order valence-electron chi connectivity index (χ4n) is 0.786. The molecule has 0 fully saturated rings. The van der Waals surface area contributed by atoms with E-state index in [-0.39, 0.29) is 11.3 Å². The van der Waals surface area contributed by atoms with E-state index in [0.717, 1.165) is 6.21 Å². The molecule has 0 heterocycles. The van der Waals surface area contributed by atoms with Crippen molar-refractivity contribution in [1.29, 1.82) is 0 Å². The second kappa shape index (κ2) is 3.52. The molecule has 1 aromatic carbocycles. The smallest absolute Gasteiger partial charge is 0.207 e. The molecule has 0 aromatic heterocycles. The first-order valence-corrected chi connectivity index (χ1v) is 3.25. The Kier molecular flexibility index (Phi) is 2.42. The Balaban J connectivity index is 2.96. The largest absolute Gasteiger partial charge is 0.508 e. The third-order valence-corrected chi connectivity index (χ3v) is 1.31. The number of hydrogen-bond acceptors (Lipinski definition) is 4. The van der Waals surface area contributed by atoms with Crippen molar-refractivity contribution >= 4 is 12.0 Å². The Hall–Kier alpha value is -1.84. The molecule has 0 unspecified atom stereocenters. The molecular formula is C8H7NO3. The molecule has 0 aliphatic rings. The second-order valence-electron chi connectivity index (χ2n) is 2.16. The molecule has 12 heavy (non-hydrogen) atoms. The van der Waals surface area contributed by atoms with Gasteiger partial charge in [-0.15, -0.1) is 0 Å². The van der Waals surface area contributed by atoms with Crippen molar-refractivity contribution in [2.75, 3.05) is 0 Å². The number of carbonyl (C=O) groups is 1. The maximum absolute atomic E-state index is 11.0. The van der Waals surface area contributed by atoms with Gasteiger partial charge in [0.05, 0.1) is 0 Å². The Morgan fingerprint density at radius 2 is 2.25 bits per heavy atom. The highest BCUT2D eigenvalue weighted by Crippen LogP contribution is 2.10. The lowest BCUT2D eigenvalue weighted by Crippen LogP contribution is -1.99. The topological polar surface area (TPSA) is 69.9 Å². The summed E-state index contributed by atoms with van der Waals surface area (Å²) in [4.78, 5) is 11.0. The van der Waals surface area contributed by atoms with Gasteiger partial charge in [0, 0.05) is 5.56 Å². The van der Waals surface area contributed by atoms with E-state index >= 15 is 0 Å². The third kappa shape index (κ3) is 1.82. The first-order chi connectivity index (χ1) is 5.74. The van der Waals surface area contributed by atoms with E-state index in [1.807, 2.05) is 0 Å². The summed E-state index contributed by atoms with van der Waals surface area (Å²) < 4.78 is 0. The molecular weight excluding hydrogens is 158 g/mol. The number of phenols is 1. The summed E-state index contributed by atoms with van der Waals surface area (Å²) in [6.07, 6.45) is 0.773. The van der Waals surface area contributed by atoms with Gasteiger partial charge in [-0.1, -0.05) is 17.3 Å². The number of oxime groups is 1. The standard InChI is InChI=1S/C8H7NO3/c10-7-3-1-2-6(4-7)8(11)5-9-12/h1-5,10,12H/b9-5-. The molecule has 0 atom stereocenters. The number of nitrogens with zero attached hydrogens (tertiary/aromatic N) is 1. The Morgan fingerprint density at radius 1 is 1.50 bits per heavy atom. The van der Waals surface area contributed by atoms with E-state index in [1.54, 1.807) is 0 Å². The number of phenolic OH excluding ortho intramolecular Hbond substituents is 1. The van der Waals surface area contributed by atoms with Crippen LogP contribution in [0, 0.1) is 0 Å². The Morgan fingerprint density at radius 3 is 2.83 bits per heavy atom. The SMILES string of the molecule is O=C(/C=N\O)c1cccc(O)c1. The van der Waals surface area contributed by atoms with E-state index in [4.69, 9.17) is 10.3 Å². The molecule has 0 aliphatic carbocycles. The summed E-state index contributed by atoms with van der Waals surface area (Å²) in [5.74, 6) is -0.444. The van der Waals surface area contributed by atoms with Crippen molar-refractivity contribution < 1.29 is 15.1 Å². The zero-order chi connectivity index (χ0) is 8.97. The van der Waals surface area contributed by atoms with E-state index in [9.17, 15) is 4.79 Å². The van der Waals surface area contributed by atoms with Crippen molar-refractivity contribution in [1.82, 2.24) is 0 Å². The molecule has 0 amide bonds. The van der Waals surface area contributed by atoms with Crippen molar-refractivity contribution in [3.8, 4) is 5.75 Å². The molecule has 0 saturated heterocycles. The van der Waals surface area contributed by atoms with Gasteiger partial charge in [-0.3, -0.25) is 4.79 Å². The number of hydrogen-bond donors (Lipinski definition) is 2. The fraction of sp³-hybridized carbons (Fsp3) is 0. The number of Topliss-reactive ketones (excluding diaryl/α,β-unsaturated/α-hetero) is 1. The maximum atomic E-state index is 11.0. The van der Waals surface area contributed by atoms with Crippen LogP contribution >= 0.6 is 0 Å². The summed E-state index contributed by atoms with van der Waals surface area (Å²) in [5.41, 5.74) is 0.285. The van der Waals surface area contributed by atoms with E-state index < -0.39 is 5.78 Å². The fourth-order valence-corrected chi connectivity index (χ4v) is 0.786. The van der Waals surface area contributed by atoms with Crippen LogP contribution in [-0.4, -0.2) is 22.3 Å². The van der Waals surface area contributed by atoms with Gasteiger partial charge in [-0.05, 0) is 12.1 Å². The Bertz CT molecular complexity index is 320. The van der Waals surface area contributed by atoms with Crippen LogP contribution in [0.25, 0.3) is 0 Å². The maximum Gasteiger partial charge on any atom is 0.207 e. The van der Waals surface area contributed by atoms with Crippen LogP contribution < -0.4 is 0 Å². The lowest BCUT2D eigenvalue weighted by atomic mass is 10.1. The van der Waals surface area contributed by atoms with Crippen molar-refractivity contribution in [3.05, 3.63) is 29.8 Å². The molecule has 2 N–H and O–H groups in total. The first kappa shape index (κ1) is 8.26. The minimum absolute atomic E-state index is 0.00666. The van der Waals surface area contributed by atoms with Crippen molar-refractivity contribution in [2.45, 2.75) is 0 Å². The van der Waals surface area contributed by atoms with Gasteiger partial charge >= 0.3 is 0 Å². The third-order valence-electron chi connectivity index (χ3n) is 1.31. The van der Waals surface area contributed by atoms with Crippen LogP contribution in [0.2, 0.25) is 0 Å². The highest BCUT2D eigenvalue weighted by Gasteiger charge is 2.02. The van der Waals surface area contributed by atoms with Crippen molar-refractivity contribution in [2.24, 2.45) is 5.16 Å². The van der Waals surface area contributed by atoms with Gasteiger partial charge in [0.25, 0.3) is 0 Å². The van der Waals surface area contributed by atoms with Crippen LogP contribution in [0.15, 0.2) is 29.4 Å². The molecule has 0 radical (unpaired) electrons. The van der Waals surface area contributed by atoms with Crippen LogP contribution in [0.5, 0.6) is 5.75 Å². The zero-order valence-corrected chi connectivity index (χ0v) is 6.14. The predicted molar refractivity (Wildman–Crippen MR) is 42.7 cm³/mol. The van der Waals surface area contributed by atoms with E-state index in [2.05, 4.69) is 5.16 Å². The van der Waals surface area contributed by atoms with Gasteiger partial charge in [0.2, 0.25) is 5.78 Å². The molecule has 0 bridgehead atoms. The van der Waals surface area contributed by atoms with Crippen LogP contribution in [0.4, 0.5) is 0 Å². The van der Waals surface area contributed by atoms with Crippen LogP contribution in [-0.2, 0) is 0 Å². The lowest BCUT2D eigenvalue weighted by Gasteiger charge is -1.94. The summed E-state index contributed by atoms with van der Waals surface area (Å²) in [6.45, 7) is 0. The van der Waals surface area contributed by atoms with Gasteiger partial charge in [-0.2, -0.15) is 0 Å². The normalized spacial score (nSPS) is 10.3. The average Bonchev–Trinajstić information content (AvgIpc) is 2.05. The predicted octanol–water partition coefficient (Wildman–Crippen LogP) is 1.03. The van der Waals surface area contributed by atoms with Crippen LogP contribution in [0.3, 0.4) is 0 Å². The number of benzene rings is 1. The molecule has 0 aliphatic heterocycles. The number of aromatic hydroxyl groups is 1. The minimum Gasteiger partial charge on any atom is -0.508 e. The second-order valence-corrected chi connectivity index (χ2v) is 2.16. The summed E-state index contributed by atoms with van der Waals surface area (Å²) in [7, 11) is 0. The highest BCUT2D eigenvalue weighted by atomic mass is 16.4. The molecule has 1 aromatic rings. The number of ketones is 1. The van der Waals surface area contributed by atoms with Gasteiger partial charge in [0.15, 0.2) is 0 Å². The summed E-state index contributed by atoms with van der Waals surface area (Å²) in [6, 6.07) is 5.80. The molecule has 62 valence electrons. The lowest BCUT2D eigenvalue weighted by molar-refractivity contribution is 0.106. The number of rotatable bonds is 2. The Labute approximate surface area is 68.8 Å². The van der Waals surface area contributed by atoms with Gasteiger partial charge < -0.3 is 10.3 Å². The zero-order valence-electron chi connectivity index (χ0n) is 6.14. The average molecular weight is 165 g/mol. The first-order valence-electron chi connectivity index (χ1n) is 3.25. The minimum atomic E-state index is -0.451. The highest BCUT2D eigenvalue weighted by molar-refractivity contribution is 6.35.